The van der Waals surface area contributed by atoms with Crippen LogP contribution in [0.1, 0.15) is 29.3 Å². The Kier molecular flexibility index (Phi) is 6.91. The first kappa shape index (κ1) is 24.3. The zero-order valence-electron chi connectivity index (χ0n) is 19.2. The van der Waals surface area contributed by atoms with Crippen molar-refractivity contribution in [3.63, 3.8) is 0 Å². The van der Waals surface area contributed by atoms with Crippen LogP contribution in [0.15, 0.2) is 66.7 Å². The van der Waals surface area contributed by atoms with Crippen molar-refractivity contribution < 1.29 is 24.2 Å². The van der Waals surface area contributed by atoms with Gasteiger partial charge in [-0.2, -0.15) is 0 Å². The highest BCUT2D eigenvalue weighted by Gasteiger charge is 2.31. The van der Waals surface area contributed by atoms with Crippen LogP contribution in [0, 0.1) is 20.2 Å². The number of rotatable bonds is 8. The van der Waals surface area contributed by atoms with Crippen LogP contribution in [0.3, 0.4) is 0 Å². The number of nitro groups is 2. The van der Waals surface area contributed by atoms with Crippen LogP contribution < -0.4 is 15.0 Å². The molecule has 1 heterocycles. The van der Waals surface area contributed by atoms with E-state index in [1.54, 1.807) is 30.0 Å². The van der Waals surface area contributed by atoms with Gasteiger partial charge in [0.15, 0.2) is 6.10 Å². The molecule has 0 aromatic heterocycles. The number of carbonyl (C=O) groups excluding carboxylic acids is 2. The van der Waals surface area contributed by atoms with Crippen molar-refractivity contribution in [1.82, 2.24) is 0 Å². The molecule has 11 nitrogen and oxygen atoms in total. The number of anilines is 2. The summed E-state index contributed by atoms with van der Waals surface area (Å²) in [5.74, 6) is -0.507. The maximum absolute atomic E-state index is 12.9. The van der Waals surface area contributed by atoms with Crippen LogP contribution in [0.2, 0.25) is 0 Å². The fraction of sp³-hybridized carbons (Fsp3) is 0.200. The van der Waals surface area contributed by atoms with E-state index < -0.39 is 33.2 Å². The summed E-state index contributed by atoms with van der Waals surface area (Å²) in [6.45, 7) is 2.10. The maximum Gasteiger partial charge on any atom is 0.277 e. The van der Waals surface area contributed by atoms with E-state index in [2.05, 4.69) is 5.32 Å². The number of aryl methyl sites for hydroxylation is 1. The molecule has 2 amide bonds. The molecule has 3 aromatic carbocycles. The normalized spacial score (nSPS) is 14.5. The number of fused-ring (bicyclic) bond motifs is 1. The Labute approximate surface area is 205 Å². The Hall–Kier alpha value is -4.80. The van der Waals surface area contributed by atoms with E-state index in [-0.39, 0.29) is 11.5 Å². The molecule has 1 N–H and O–H groups in total. The molecule has 11 heteroatoms. The van der Waals surface area contributed by atoms with Gasteiger partial charge in [-0.3, -0.25) is 29.8 Å². The molecule has 3 aromatic rings. The number of carbonyl (C=O) groups is 2. The Morgan fingerprint density at radius 1 is 1.00 bits per heavy atom. The molecule has 184 valence electrons. The average molecular weight is 490 g/mol. The lowest BCUT2D eigenvalue weighted by atomic mass is 10.1. The third kappa shape index (κ3) is 5.30. The summed E-state index contributed by atoms with van der Waals surface area (Å²) in [5.41, 5.74) is 0.545. The summed E-state index contributed by atoms with van der Waals surface area (Å²) >= 11 is 0. The van der Waals surface area contributed by atoms with Gasteiger partial charge in [-0.1, -0.05) is 30.3 Å². The number of hydrogen-bond donors (Lipinski definition) is 1. The molecule has 0 bridgehead atoms. The van der Waals surface area contributed by atoms with Gasteiger partial charge in [0.2, 0.25) is 0 Å². The molecule has 1 aliphatic heterocycles. The van der Waals surface area contributed by atoms with Crippen LogP contribution in [0.4, 0.5) is 22.7 Å². The fourth-order valence-corrected chi connectivity index (χ4v) is 3.94. The first-order chi connectivity index (χ1) is 17.2. The number of hydrogen-bond acceptors (Lipinski definition) is 7. The molecule has 0 fully saturated rings. The topological polar surface area (TPSA) is 145 Å². The summed E-state index contributed by atoms with van der Waals surface area (Å²) in [6, 6.07) is 17.4. The molecule has 4 rings (SSSR count). The Bertz CT molecular complexity index is 1310. The van der Waals surface area contributed by atoms with Gasteiger partial charge in [0.1, 0.15) is 5.75 Å². The summed E-state index contributed by atoms with van der Waals surface area (Å²) in [6.07, 6.45) is 0.813. The van der Waals surface area contributed by atoms with Gasteiger partial charge < -0.3 is 15.0 Å². The standard InChI is InChI=1S/C25H22N4O7/c1-16-25(31)27(11-5-8-17-6-3-2-4-7-17)22-14-19(9-10-23(22)36-16)26-24(30)18-12-20(28(32)33)15-21(13-18)29(34)35/h2-4,6-7,9-10,12-16H,5,8,11H2,1H3,(H,26,30). The van der Waals surface area contributed by atoms with Gasteiger partial charge in [0.05, 0.1) is 27.2 Å². The molecule has 36 heavy (non-hydrogen) atoms. The fourth-order valence-electron chi connectivity index (χ4n) is 3.94. The zero-order chi connectivity index (χ0) is 25.8. The zero-order valence-corrected chi connectivity index (χ0v) is 19.2. The van der Waals surface area contributed by atoms with E-state index >= 15 is 0 Å². The van der Waals surface area contributed by atoms with Crippen molar-refractivity contribution in [2.75, 3.05) is 16.8 Å². The molecule has 0 radical (unpaired) electrons. The minimum atomic E-state index is -0.805. The van der Waals surface area contributed by atoms with E-state index in [0.717, 1.165) is 30.2 Å². The number of non-ortho nitro benzene ring substituents is 2. The number of amides is 2. The van der Waals surface area contributed by atoms with Crippen molar-refractivity contribution in [2.45, 2.75) is 25.9 Å². The van der Waals surface area contributed by atoms with Crippen molar-refractivity contribution in [3.05, 3.63) is 98.1 Å². The highest BCUT2D eigenvalue weighted by molar-refractivity contribution is 6.06. The molecule has 0 saturated carbocycles. The lowest BCUT2D eigenvalue weighted by molar-refractivity contribution is -0.394. The second-order valence-corrected chi connectivity index (χ2v) is 8.23. The van der Waals surface area contributed by atoms with Gasteiger partial charge in [-0.15, -0.1) is 0 Å². The third-order valence-corrected chi connectivity index (χ3v) is 5.70. The van der Waals surface area contributed by atoms with Gasteiger partial charge in [-0.25, -0.2) is 0 Å². The number of nitro benzene ring substituents is 2. The van der Waals surface area contributed by atoms with Gasteiger partial charge in [0.25, 0.3) is 23.2 Å². The predicted octanol–water partition coefficient (Wildman–Crippen LogP) is 4.50. The van der Waals surface area contributed by atoms with Crippen molar-refractivity contribution in [3.8, 4) is 5.75 Å². The number of ether oxygens (including phenoxy) is 1. The number of nitrogens with one attached hydrogen (secondary N) is 1. The first-order valence-corrected chi connectivity index (χ1v) is 11.1. The summed E-state index contributed by atoms with van der Waals surface area (Å²) in [5, 5.41) is 24.9. The highest BCUT2D eigenvalue weighted by Crippen LogP contribution is 2.37. The van der Waals surface area contributed by atoms with Gasteiger partial charge in [0, 0.05) is 24.4 Å². The smallest absolute Gasteiger partial charge is 0.277 e. The molecule has 1 atom stereocenters. The Balaban J connectivity index is 1.56. The van der Waals surface area contributed by atoms with Gasteiger partial charge >= 0.3 is 0 Å². The van der Waals surface area contributed by atoms with Crippen LogP contribution in [-0.4, -0.2) is 34.3 Å². The van der Waals surface area contributed by atoms with E-state index in [1.165, 1.54) is 0 Å². The summed E-state index contributed by atoms with van der Waals surface area (Å²) in [7, 11) is 0. The van der Waals surface area contributed by atoms with Crippen molar-refractivity contribution >= 4 is 34.6 Å². The summed E-state index contributed by atoms with van der Waals surface area (Å²) in [4.78, 5) is 47.9. The minimum absolute atomic E-state index is 0.214. The Morgan fingerprint density at radius 3 is 2.31 bits per heavy atom. The molecule has 1 unspecified atom stereocenters. The average Bonchev–Trinajstić information content (AvgIpc) is 2.87. The monoisotopic (exact) mass is 490 g/mol. The third-order valence-electron chi connectivity index (χ3n) is 5.70. The quantitative estimate of drug-likeness (QED) is 0.361. The molecular weight excluding hydrogens is 468 g/mol. The minimum Gasteiger partial charge on any atom is -0.479 e. The second kappa shape index (κ2) is 10.2. The lowest BCUT2D eigenvalue weighted by Gasteiger charge is -2.33. The van der Waals surface area contributed by atoms with E-state index in [1.807, 2.05) is 30.3 Å². The summed E-state index contributed by atoms with van der Waals surface area (Å²) < 4.78 is 5.71. The molecule has 0 saturated heterocycles. The SMILES string of the molecule is CC1Oc2ccc(NC(=O)c3cc([N+](=O)[O-])cc([N+](=O)[O-])c3)cc2N(CCCc2ccccc2)C1=O. The largest absolute Gasteiger partial charge is 0.479 e. The number of benzene rings is 3. The van der Waals surface area contributed by atoms with E-state index in [9.17, 15) is 29.8 Å². The van der Waals surface area contributed by atoms with E-state index in [0.29, 0.717) is 30.1 Å². The van der Waals surface area contributed by atoms with E-state index in [4.69, 9.17) is 4.74 Å². The van der Waals surface area contributed by atoms with Crippen LogP contribution >= 0.6 is 0 Å². The second-order valence-electron chi connectivity index (χ2n) is 8.23. The van der Waals surface area contributed by atoms with Crippen molar-refractivity contribution in [2.24, 2.45) is 0 Å². The molecular formula is C25H22N4O7. The maximum atomic E-state index is 12.9. The molecule has 0 spiro atoms. The molecule has 1 aliphatic rings. The molecule has 0 aliphatic carbocycles. The van der Waals surface area contributed by atoms with Crippen LogP contribution in [-0.2, 0) is 11.2 Å². The first-order valence-electron chi connectivity index (χ1n) is 11.1. The highest BCUT2D eigenvalue weighted by atomic mass is 16.6. The predicted molar refractivity (Wildman–Crippen MR) is 131 cm³/mol. The van der Waals surface area contributed by atoms with Gasteiger partial charge in [-0.05, 0) is 43.5 Å². The van der Waals surface area contributed by atoms with Crippen molar-refractivity contribution in [1.29, 1.82) is 0 Å². The van der Waals surface area contributed by atoms with Crippen LogP contribution in [0.25, 0.3) is 0 Å². The Morgan fingerprint density at radius 2 is 1.67 bits per heavy atom. The van der Waals surface area contributed by atoms with Crippen LogP contribution in [0.5, 0.6) is 5.75 Å². The number of nitrogens with zero attached hydrogens (tertiary/aromatic N) is 3. The lowest BCUT2D eigenvalue weighted by Crippen LogP contribution is -2.45.